The van der Waals surface area contributed by atoms with Gasteiger partial charge >= 0.3 is 5.97 Å². The number of hydrogen-bond acceptors (Lipinski definition) is 6. The Morgan fingerprint density at radius 3 is 2.61 bits per heavy atom. The summed E-state index contributed by atoms with van der Waals surface area (Å²) in [6, 6.07) is 6.24. The summed E-state index contributed by atoms with van der Waals surface area (Å²) in [5, 5.41) is 12.8. The number of nitrogens with one attached hydrogen (secondary N) is 1. The molecule has 2 aliphatic rings. The fourth-order valence-electron chi connectivity index (χ4n) is 4.57. The van der Waals surface area contributed by atoms with Crippen LogP contribution in [0, 0.1) is 5.41 Å². The second-order valence-electron chi connectivity index (χ2n) is 8.95. The highest BCUT2D eigenvalue weighted by Gasteiger charge is 2.44. The molecule has 4 heterocycles. The van der Waals surface area contributed by atoms with E-state index in [1.54, 1.807) is 18.3 Å². The average molecular weight is 533 g/mol. The van der Waals surface area contributed by atoms with Crippen molar-refractivity contribution < 1.29 is 9.90 Å². The molecule has 33 heavy (non-hydrogen) atoms. The molecule has 1 saturated heterocycles. The van der Waals surface area contributed by atoms with Crippen molar-refractivity contribution in [2.45, 2.75) is 38.6 Å². The van der Waals surface area contributed by atoms with Gasteiger partial charge in [-0.15, -0.1) is 0 Å². The highest BCUT2D eigenvalue weighted by atomic mass is 79.9. The standard InChI is InChI=1S/C23H23BrClN5O3/c1-13(26-16-2-3-17(25)27-20(16)22(32)33)15-10-14(24)12-30-19(31)11-18(28-21(15)30)29-8-6-23(4-5-23)7-9-29/h2-3,10-13,26H,4-9H2,1H3,(H,32,33)/t13-/m1/s1. The first-order chi connectivity index (χ1) is 15.7. The molecule has 0 aromatic carbocycles. The summed E-state index contributed by atoms with van der Waals surface area (Å²) in [4.78, 5) is 35.6. The van der Waals surface area contributed by atoms with Crippen LogP contribution in [0.5, 0.6) is 0 Å². The van der Waals surface area contributed by atoms with Crippen LogP contribution in [0.1, 0.15) is 54.7 Å². The minimum Gasteiger partial charge on any atom is -0.476 e. The number of nitrogens with zero attached hydrogens (tertiary/aromatic N) is 4. The number of halogens is 2. The van der Waals surface area contributed by atoms with Crippen molar-refractivity contribution in [2.24, 2.45) is 5.41 Å². The molecule has 172 valence electrons. The Morgan fingerprint density at radius 2 is 1.94 bits per heavy atom. The molecule has 1 aliphatic carbocycles. The highest BCUT2D eigenvalue weighted by molar-refractivity contribution is 9.10. The largest absolute Gasteiger partial charge is 0.476 e. The van der Waals surface area contributed by atoms with Gasteiger partial charge in [0, 0.05) is 35.4 Å². The molecule has 0 radical (unpaired) electrons. The van der Waals surface area contributed by atoms with Gasteiger partial charge in [-0.3, -0.25) is 9.20 Å². The zero-order valence-corrected chi connectivity index (χ0v) is 20.4. The highest BCUT2D eigenvalue weighted by Crippen LogP contribution is 2.53. The van der Waals surface area contributed by atoms with Gasteiger partial charge in [-0.1, -0.05) is 11.6 Å². The Balaban J connectivity index is 1.53. The molecule has 8 nitrogen and oxygen atoms in total. The quantitative estimate of drug-likeness (QED) is 0.457. The minimum absolute atomic E-state index is 0.103. The Bertz CT molecular complexity index is 1310. The molecule has 5 rings (SSSR count). The second-order valence-corrected chi connectivity index (χ2v) is 10.3. The molecule has 0 amide bonds. The fraction of sp³-hybridized carbons (Fsp3) is 0.391. The SMILES string of the molecule is C[C@@H](Nc1ccc(Cl)nc1C(=O)O)c1cc(Br)cn2c(=O)cc(N3CCC4(CC3)CC4)nc12. The van der Waals surface area contributed by atoms with Crippen LogP contribution in [0.2, 0.25) is 5.15 Å². The predicted octanol–water partition coefficient (Wildman–Crippen LogP) is 4.76. The molecule has 0 bridgehead atoms. The first-order valence-electron chi connectivity index (χ1n) is 10.9. The van der Waals surface area contributed by atoms with E-state index in [-0.39, 0.29) is 22.4 Å². The molecule has 1 atom stereocenters. The first-order valence-corrected chi connectivity index (χ1v) is 12.1. The minimum atomic E-state index is -1.18. The van der Waals surface area contributed by atoms with Crippen molar-refractivity contribution >= 4 is 50.7 Å². The number of carboxylic acids is 1. The molecule has 1 aliphatic heterocycles. The van der Waals surface area contributed by atoms with Gasteiger partial charge in [0.05, 0.1) is 11.7 Å². The van der Waals surface area contributed by atoms with E-state index >= 15 is 0 Å². The van der Waals surface area contributed by atoms with E-state index in [2.05, 4.69) is 31.1 Å². The van der Waals surface area contributed by atoms with Crippen LogP contribution in [-0.4, -0.2) is 38.5 Å². The summed E-state index contributed by atoms with van der Waals surface area (Å²) in [7, 11) is 0. The Labute approximate surface area is 203 Å². The lowest BCUT2D eigenvalue weighted by atomic mass is 9.94. The average Bonchev–Trinajstić information content (AvgIpc) is 3.54. The summed E-state index contributed by atoms with van der Waals surface area (Å²) >= 11 is 9.37. The normalized spacial score (nSPS) is 17.8. The second kappa shape index (κ2) is 8.29. The number of aromatic nitrogens is 3. The van der Waals surface area contributed by atoms with E-state index in [0.717, 1.165) is 36.0 Å². The van der Waals surface area contributed by atoms with Gasteiger partial charge < -0.3 is 15.3 Å². The van der Waals surface area contributed by atoms with Crippen molar-refractivity contribution in [3.8, 4) is 0 Å². The number of aromatic carboxylic acids is 1. The monoisotopic (exact) mass is 531 g/mol. The van der Waals surface area contributed by atoms with E-state index < -0.39 is 5.97 Å². The summed E-state index contributed by atoms with van der Waals surface area (Å²) in [6.45, 7) is 3.69. The number of rotatable bonds is 5. The Hall–Kier alpha value is -2.65. The molecular weight excluding hydrogens is 510 g/mol. The summed E-state index contributed by atoms with van der Waals surface area (Å²) in [6.07, 6.45) is 6.61. The maximum atomic E-state index is 13.0. The van der Waals surface area contributed by atoms with Crippen molar-refractivity contribution in [1.82, 2.24) is 14.4 Å². The van der Waals surface area contributed by atoms with Gasteiger partial charge in [0.15, 0.2) is 5.69 Å². The maximum Gasteiger partial charge on any atom is 0.356 e. The number of anilines is 2. The molecule has 3 aromatic heterocycles. The van der Waals surface area contributed by atoms with E-state index in [4.69, 9.17) is 16.6 Å². The molecular formula is C23H23BrClN5O3. The number of carbonyl (C=O) groups is 1. The van der Waals surface area contributed by atoms with E-state index in [1.165, 1.54) is 23.3 Å². The molecule has 3 aromatic rings. The number of carboxylic acid groups (broad SMARTS) is 1. The van der Waals surface area contributed by atoms with Gasteiger partial charge in [0.1, 0.15) is 16.6 Å². The first kappa shape index (κ1) is 22.2. The van der Waals surface area contributed by atoms with E-state index in [9.17, 15) is 14.7 Å². The van der Waals surface area contributed by atoms with Crippen LogP contribution in [0.3, 0.4) is 0 Å². The zero-order chi connectivity index (χ0) is 23.3. The van der Waals surface area contributed by atoms with Crippen LogP contribution in [0.15, 0.2) is 39.7 Å². The van der Waals surface area contributed by atoms with Crippen molar-refractivity contribution in [3.63, 3.8) is 0 Å². The summed E-state index contributed by atoms with van der Waals surface area (Å²) in [5.74, 6) is -0.493. The lowest BCUT2D eigenvalue weighted by molar-refractivity contribution is 0.0691. The number of fused-ring (bicyclic) bond motifs is 1. The number of piperidine rings is 1. The van der Waals surface area contributed by atoms with Crippen LogP contribution < -0.4 is 15.8 Å². The molecule has 10 heteroatoms. The van der Waals surface area contributed by atoms with Crippen molar-refractivity contribution in [1.29, 1.82) is 0 Å². The zero-order valence-electron chi connectivity index (χ0n) is 18.0. The van der Waals surface area contributed by atoms with Gasteiger partial charge in [0.2, 0.25) is 0 Å². The molecule has 1 saturated carbocycles. The Morgan fingerprint density at radius 1 is 1.21 bits per heavy atom. The van der Waals surface area contributed by atoms with Crippen molar-refractivity contribution in [3.05, 3.63) is 61.7 Å². The molecule has 0 unspecified atom stereocenters. The third kappa shape index (κ3) is 4.31. The van der Waals surface area contributed by atoms with Crippen LogP contribution in [0.25, 0.3) is 5.65 Å². The molecule has 2 fully saturated rings. The maximum absolute atomic E-state index is 13.0. The van der Waals surface area contributed by atoms with Crippen LogP contribution in [-0.2, 0) is 0 Å². The number of pyridine rings is 2. The molecule has 2 N–H and O–H groups in total. The number of hydrogen-bond donors (Lipinski definition) is 2. The summed E-state index contributed by atoms with van der Waals surface area (Å²) in [5.41, 5.74) is 1.83. The topological polar surface area (TPSA) is 99.8 Å². The van der Waals surface area contributed by atoms with Gasteiger partial charge in [-0.25, -0.2) is 14.8 Å². The van der Waals surface area contributed by atoms with Crippen LogP contribution in [0.4, 0.5) is 11.5 Å². The lowest BCUT2D eigenvalue weighted by Crippen LogP contribution is -2.36. The van der Waals surface area contributed by atoms with Gasteiger partial charge in [-0.05, 0) is 72.2 Å². The predicted molar refractivity (Wildman–Crippen MR) is 131 cm³/mol. The molecule has 1 spiro atoms. The third-order valence-electron chi connectivity index (χ3n) is 6.75. The fourth-order valence-corrected chi connectivity index (χ4v) is 5.17. The van der Waals surface area contributed by atoms with Crippen molar-refractivity contribution in [2.75, 3.05) is 23.3 Å². The third-order valence-corrected chi connectivity index (χ3v) is 7.39. The van der Waals surface area contributed by atoms with Gasteiger partial charge in [-0.2, -0.15) is 0 Å². The van der Waals surface area contributed by atoms with E-state index in [0.29, 0.717) is 22.6 Å². The summed E-state index contributed by atoms with van der Waals surface area (Å²) < 4.78 is 2.24. The smallest absolute Gasteiger partial charge is 0.356 e. The Kier molecular flexibility index (Phi) is 5.56. The van der Waals surface area contributed by atoms with E-state index in [1.807, 2.05) is 13.0 Å². The van der Waals surface area contributed by atoms with Gasteiger partial charge in [0.25, 0.3) is 5.56 Å². The lowest BCUT2D eigenvalue weighted by Gasteiger charge is -2.33. The van der Waals surface area contributed by atoms with Crippen LogP contribution >= 0.6 is 27.5 Å².